The van der Waals surface area contributed by atoms with E-state index in [9.17, 15) is 13.2 Å². The van der Waals surface area contributed by atoms with Crippen molar-refractivity contribution in [3.05, 3.63) is 53.7 Å². The van der Waals surface area contributed by atoms with Gasteiger partial charge in [-0.15, -0.1) is 21.5 Å². The second-order valence-electron chi connectivity index (χ2n) is 5.38. The molecule has 0 saturated heterocycles. The quantitative estimate of drug-likeness (QED) is 0.396. The highest BCUT2D eigenvalue weighted by Gasteiger charge is 2.34. The SMILES string of the molecule is Nn1c(Sc2cc(C(F)(F)F)nc(-c3ccccn3)n2)nnc1-c1cccs1. The molecule has 0 aliphatic carbocycles. The second kappa shape index (κ2) is 7.20. The molecule has 142 valence electrons. The van der Waals surface area contributed by atoms with E-state index in [1.807, 2.05) is 17.5 Å². The van der Waals surface area contributed by atoms with Gasteiger partial charge in [-0.2, -0.15) is 13.2 Å². The maximum absolute atomic E-state index is 13.3. The molecule has 0 aliphatic rings. The molecular weight excluding hydrogens is 411 g/mol. The van der Waals surface area contributed by atoms with Gasteiger partial charge in [0.1, 0.15) is 16.4 Å². The number of hydrogen-bond donors (Lipinski definition) is 1. The van der Waals surface area contributed by atoms with Crippen molar-refractivity contribution in [2.24, 2.45) is 0 Å². The average Bonchev–Trinajstić information content (AvgIpc) is 3.32. The molecule has 0 bridgehead atoms. The number of aromatic nitrogens is 6. The fraction of sp³-hybridized carbons (Fsp3) is 0.0625. The summed E-state index contributed by atoms with van der Waals surface area (Å²) in [6.45, 7) is 0. The minimum absolute atomic E-state index is 0.0276. The van der Waals surface area contributed by atoms with Gasteiger partial charge < -0.3 is 5.84 Å². The highest BCUT2D eigenvalue weighted by Crippen LogP contribution is 2.34. The van der Waals surface area contributed by atoms with Gasteiger partial charge in [-0.3, -0.25) is 4.98 Å². The van der Waals surface area contributed by atoms with E-state index in [1.165, 1.54) is 28.3 Å². The van der Waals surface area contributed by atoms with Crippen molar-refractivity contribution >= 4 is 23.1 Å². The third-order valence-corrected chi connectivity index (χ3v) is 5.23. The van der Waals surface area contributed by atoms with Gasteiger partial charge >= 0.3 is 6.18 Å². The molecule has 7 nitrogen and oxygen atoms in total. The zero-order chi connectivity index (χ0) is 19.7. The number of halogens is 3. The fourth-order valence-electron chi connectivity index (χ4n) is 2.25. The van der Waals surface area contributed by atoms with E-state index >= 15 is 0 Å². The summed E-state index contributed by atoms with van der Waals surface area (Å²) in [6, 6.07) is 9.32. The molecule has 0 fully saturated rings. The van der Waals surface area contributed by atoms with Crippen LogP contribution in [0.15, 0.2) is 58.2 Å². The zero-order valence-corrected chi connectivity index (χ0v) is 15.5. The lowest BCUT2D eigenvalue weighted by atomic mass is 10.3. The molecule has 0 unspecified atom stereocenters. The number of nitrogens with zero attached hydrogens (tertiary/aromatic N) is 6. The Labute approximate surface area is 164 Å². The summed E-state index contributed by atoms with van der Waals surface area (Å²) in [5, 5.41) is 10.0. The standard InChI is InChI=1S/C16H10F3N7S2/c17-16(18,19)11-8-12(23-13(22-11)9-4-1-2-6-21-9)28-15-25-24-14(26(15)20)10-5-3-7-27-10/h1-8H,20H2. The normalized spacial score (nSPS) is 11.7. The molecule has 0 spiro atoms. The van der Waals surface area contributed by atoms with Crippen LogP contribution in [-0.2, 0) is 6.18 Å². The molecule has 0 radical (unpaired) electrons. The highest BCUT2D eigenvalue weighted by molar-refractivity contribution is 7.99. The van der Waals surface area contributed by atoms with Crippen molar-refractivity contribution in [2.45, 2.75) is 16.4 Å². The molecule has 0 saturated carbocycles. The van der Waals surface area contributed by atoms with Gasteiger partial charge in [0.2, 0.25) is 5.16 Å². The third kappa shape index (κ3) is 3.68. The maximum Gasteiger partial charge on any atom is 0.433 e. The molecule has 4 rings (SSSR count). The van der Waals surface area contributed by atoms with E-state index in [-0.39, 0.29) is 21.7 Å². The lowest BCUT2D eigenvalue weighted by molar-refractivity contribution is -0.141. The van der Waals surface area contributed by atoms with Crippen molar-refractivity contribution in [3.8, 4) is 22.2 Å². The summed E-state index contributed by atoms with van der Waals surface area (Å²) < 4.78 is 41.1. The van der Waals surface area contributed by atoms with Crippen molar-refractivity contribution in [3.63, 3.8) is 0 Å². The Balaban J connectivity index is 1.74. The Morgan fingerprint density at radius 3 is 2.61 bits per heavy atom. The Kier molecular flexibility index (Phi) is 4.73. The first-order valence-corrected chi connectivity index (χ1v) is 9.41. The van der Waals surface area contributed by atoms with Crippen LogP contribution in [0.2, 0.25) is 0 Å². The Bertz CT molecular complexity index is 1100. The number of nitrogen functional groups attached to an aromatic ring is 1. The number of rotatable bonds is 4. The summed E-state index contributed by atoms with van der Waals surface area (Å²) in [5.74, 6) is 6.29. The van der Waals surface area contributed by atoms with Gasteiger partial charge in [0.25, 0.3) is 0 Å². The Hall–Kier alpha value is -2.99. The van der Waals surface area contributed by atoms with E-state index < -0.39 is 11.9 Å². The summed E-state index contributed by atoms with van der Waals surface area (Å²) >= 11 is 2.28. The van der Waals surface area contributed by atoms with Crippen LogP contribution in [0.25, 0.3) is 22.2 Å². The van der Waals surface area contributed by atoms with Crippen molar-refractivity contribution in [1.82, 2.24) is 29.8 Å². The minimum Gasteiger partial charge on any atom is -0.335 e. The van der Waals surface area contributed by atoms with E-state index in [4.69, 9.17) is 5.84 Å². The molecular formula is C16H10F3N7S2. The summed E-state index contributed by atoms with van der Waals surface area (Å²) in [6.07, 6.45) is -3.18. The predicted molar refractivity (Wildman–Crippen MR) is 97.9 cm³/mol. The monoisotopic (exact) mass is 421 g/mol. The van der Waals surface area contributed by atoms with Crippen LogP contribution in [0.4, 0.5) is 13.2 Å². The molecule has 4 aromatic heterocycles. The first-order chi connectivity index (χ1) is 13.4. The zero-order valence-electron chi connectivity index (χ0n) is 13.8. The van der Waals surface area contributed by atoms with Crippen LogP contribution < -0.4 is 5.84 Å². The topological polar surface area (TPSA) is 95.4 Å². The molecule has 28 heavy (non-hydrogen) atoms. The molecule has 0 amide bonds. The molecule has 12 heteroatoms. The number of pyridine rings is 1. The molecule has 0 aliphatic heterocycles. The van der Waals surface area contributed by atoms with Gasteiger partial charge in [-0.05, 0) is 35.3 Å². The van der Waals surface area contributed by atoms with Crippen molar-refractivity contribution in [1.29, 1.82) is 0 Å². The van der Waals surface area contributed by atoms with E-state index in [1.54, 1.807) is 12.1 Å². The van der Waals surface area contributed by atoms with Crippen LogP contribution in [0, 0.1) is 0 Å². The highest BCUT2D eigenvalue weighted by atomic mass is 32.2. The van der Waals surface area contributed by atoms with Crippen LogP contribution in [0.3, 0.4) is 0 Å². The molecule has 0 atom stereocenters. The first kappa shape index (κ1) is 18.4. The molecule has 2 N–H and O–H groups in total. The number of nitrogens with two attached hydrogens (primary N) is 1. The van der Waals surface area contributed by atoms with Crippen LogP contribution in [0.1, 0.15) is 5.69 Å². The van der Waals surface area contributed by atoms with Crippen LogP contribution >= 0.6 is 23.1 Å². The number of hydrogen-bond acceptors (Lipinski definition) is 8. The smallest absolute Gasteiger partial charge is 0.335 e. The van der Waals surface area contributed by atoms with Gasteiger partial charge in [0.15, 0.2) is 11.6 Å². The van der Waals surface area contributed by atoms with E-state index in [0.717, 1.165) is 22.7 Å². The predicted octanol–water partition coefficient (Wildman–Crippen LogP) is 3.74. The van der Waals surface area contributed by atoms with E-state index in [2.05, 4.69) is 25.1 Å². The maximum atomic E-state index is 13.3. The average molecular weight is 421 g/mol. The summed E-state index contributed by atoms with van der Waals surface area (Å²) in [4.78, 5) is 12.6. The lowest BCUT2D eigenvalue weighted by Crippen LogP contribution is -2.12. The molecule has 4 aromatic rings. The Morgan fingerprint density at radius 1 is 1.07 bits per heavy atom. The summed E-state index contributed by atoms with van der Waals surface area (Å²) in [5.41, 5.74) is -0.851. The van der Waals surface area contributed by atoms with Crippen molar-refractivity contribution < 1.29 is 13.2 Å². The van der Waals surface area contributed by atoms with Gasteiger partial charge in [0.05, 0.1) is 4.88 Å². The number of alkyl halides is 3. The van der Waals surface area contributed by atoms with Crippen LogP contribution in [0.5, 0.6) is 0 Å². The molecule has 4 heterocycles. The first-order valence-electron chi connectivity index (χ1n) is 7.72. The summed E-state index contributed by atoms with van der Waals surface area (Å²) in [7, 11) is 0. The van der Waals surface area contributed by atoms with E-state index in [0.29, 0.717) is 5.82 Å². The van der Waals surface area contributed by atoms with Crippen molar-refractivity contribution in [2.75, 3.05) is 5.84 Å². The van der Waals surface area contributed by atoms with Crippen LogP contribution in [-0.4, -0.2) is 29.8 Å². The van der Waals surface area contributed by atoms with Gasteiger partial charge in [-0.25, -0.2) is 14.6 Å². The number of thiophene rings is 1. The minimum atomic E-state index is -4.64. The fourth-order valence-corrected chi connectivity index (χ4v) is 3.71. The third-order valence-electron chi connectivity index (χ3n) is 3.49. The van der Waals surface area contributed by atoms with Gasteiger partial charge in [-0.1, -0.05) is 12.1 Å². The lowest BCUT2D eigenvalue weighted by Gasteiger charge is -2.10. The Morgan fingerprint density at radius 2 is 1.93 bits per heavy atom. The molecule has 0 aromatic carbocycles. The van der Waals surface area contributed by atoms with Gasteiger partial charge in [0, 0.05) is 12.3 Å². The second-order valence-corrected chi connectivity index (χ2v) is 7.32. The largest absolute Gasteiger partial charge is 0.433 e.